The number of nitrogens with zero attached hydrogens (tertiary/aromatic N) is 1. The van der Waals surface area contributed by atoms with Crippen LogP contribution in [0.25, 0.3) is 0 Å². The van der Waals surface area contributed by atoms with Crippen LogP contribution in [0.15, 0.2) is 16.7 Å². The van der Waals surface area contributed by atoms with Crippen LogP contribution in [0.3, 0.4) is 0 Å². The number of carbonyl (C=O) groups excluding carboxylic acids is 1. The zero-order valence-corrected chi connectivity index (χ0v) is 12.9. The van der Waals surface area contributed by atoms with Crippen LogP contribution >= 0.6 is 15.9 Å². The van der Waals surface area contributed by atoms with Gasteiger partial charge in [-0.1, -0.05) is 0 Å². The highest BCUT2D eigenvalue weighted by Gasteiger charge is 2.27. The molecule has 1 aliphatic rings. The molecule has 6 heteroatoms. The van der Waals surface area contributed by atoms with Crippen LogP contribution in [-0.2, 0) is 10.8 Å². The monoisotopic (exact) mass is 332 g/mol. The van der Waals surface area contributed by atoms with Crippen LogP contribution < -0.4 is 5.32 Å². The summed E-state index contributed by atoms with van der Waals surface area (Å²) in [6, 6.07) is 2.30. The van der Waals surface area contributed by atoms with Gasteiger partial charge in [0.25, 0.3) is 5.91 Å². The second kappa shape index (κ2) is 5.57. The molecule has 100 valence electrons. The Labute approximate surface area is 118 Å². The number of hydrogen-bond acceptors (Lipinski definition) is 2. The first-order valence-corrected chi connectivity index (χ1v) is 8.38. The molecule has 0 aromatic carbocycles. The van der Waals surface area contributed by atoms with Gasteiger partial charge >= 0.3 is 0 Å². The molecule has 1 fully saturated rings. The van der Waals surface area contributed by atoms with Crippen molar-refractivity contribution in [3.63, 3.8) is 0 Å². The fourth-order valence-electron chi connectivity index (χ4n) is 1.73. The van der Waals surface area contributed by atoms with Crippen molar-refractivity contribution in [3.05, 3.63) is 22.4 Å². The molecule has 0 radical (unpaired) electrons. The Morgan fingerprint density at radius 1 is 1.67 bits per heavy atom. The average Bonchev–Trinajstić information content (AvgIpc) is 3.08. The average molecular weight is 333 g/mol. The lowest BCUT2D eigenvalue weighted by atomic mass is 10.3. The molecular formula is C12H17BrN2O2S. The summed E-state index contributed by atoms with van der Waals surface area (Å²) in [5.74, 6) is -0.0927. The van der Waals surface area contributed by atoms with Crippen molar-refractivity contribution in [2.24, 2.45) is 0 Å². The largest absolute Gasteiger partial charge is 0.350 e. The van der Waals surface area contributed by atoms with Crippen molar-refractivity contribution in [1.82, 2.24) is 9.88 Å². The maximum absolute atomic E-state index is 12.1. The van der Waals surface area contributed by atoms with Gasteiger partial charge in [0, 0.05) is 45.6 Å². The van der Waals surface area contributed by atoms with Gasteiger partial charge in [0.05, 0.1) is 0 Å². The summed E-state index contributed by atoms with van der Waals surface area (Å²) in [7, 11) is -0.911. The van der Waals surface area contributed by atoms with Gasteiger partial charge in [0.2, 0.25) is 0 Å². The highest BCUT2D eigenvalue weighted by molar-refractivity contribution is 9.10. The van der Waals surface area contributed by atoms with E-state index in [2.05, 4.69) is 21.2 Å². The Morgan fingerprint density at radius 3 is 2.89 bits per heavy atom. The zero-order chi connectivity index (χ0) is 13.3. The normalized spacial score (nSPS) is 18.4. The van der Waals surface area contributed by atoms with Crippen molar-refractivity contribution in [1.29, 1.82) is 0 Å². The van der Waals surface area contributed by atoms with Gasteiger partial charge < -0.3 is 9.88 Å². The summed E-state index contributed by atoms with van der Waals surface area (Å²) in [6.07, 6.45) is 5.88. The fourth-order valence-corrected chi connectivity index (χ4v) is 2.48. The van der Waals surface area contributed by atoms with E-state index in [9.17, 15) is 9.00 Å². The number of nitrogens with one attached hydrogen (secondary N) is 1. The van der Waals surface area contributed by atoms with Gasteiger partial charge in [-0.3, -0.25) is 9.00 Å². The summed E-state index contributed by atoms with van der Waals surface area (Å²) in [4.78, 5) is 12.1. The molecule has 0 saturated heterocycles. The molecule has 2 unspecified atom stereocenters. The SMILES string of the molecule is CC(CNC(=O)c1cc(Br)cn1C1CC1)S(C)=O. The third kappa shape index (κ3) is 3.23. The highest BCUT2D eigenvalue weighted by atomic mass is 79.9. The lowest BCUT2D eigenvalue weighted by Crippen LogP contribution is -2.33. The third-order valence-corrected chi connectivity index (χ3v) is 4.84. The zero-order valence-electron chi connectivity index (χ0n) is 10.5. The predicted octanol–water partition coefficient (Wildman–Crippen LogP) is 2.08. The number of aromatic nitrogens is 1. The van der Waals surface area contributed by atoms with Gasteiger partial charge in [0.1, 0.15) is 5.69 Å². The summed E-state index contributed by atoms with van der Waals surface area (Å²) in [6.45, 7) is 2.31. The van der Waals surface area contributed by atoms with Crippen LogP contribution in [0.1, 0.15) is 36.3 Å². The molecule has 1 aromatic rings. The first-order valence-electron chi connectivity index (χ1n) is 5.97. The molecule has 1 aliphatic carbocycles. The molecule has 0 aliphatic heterocycles. The molecular weight excluding hydrogens is 316 g/mol. The minimum atomic E-state index is -0.911. The third-order valence-electron chi connectivity index (χ3n) is 3.10. The van der Waals surface area contributed by atoms with E-state index in [0.29, 0.717) is 18.3 Å². The van der Waals surface area contributed by atoms with Crippen LogP contribution in [0.5, 0.6) is 0 Å². The Bertz CT molecular complexity index is 482. The van der Waals surface area contributed by atoms with Crippen molar-refractivity contribution >= 4 is 32.6 Å². The van der Waals surface area contributed by atoms with Crippen molar-refractivity contribution in [2.75, 3.05) is 12.8 Å². The number of halogens is 1. The molecule has 2 atom stereocenters. The smallest absolute Gasteiger partial charge is 0.267 e. The molecule has 0 spiro atoms. The van der Waals surface area contributed by atoms with Gasteiger partial charge in [-0.25, -0.2) is 0 Å². The second-order valence-corrected chi connectivity index (χ2v) is 7.42. The second-order valence-electron chi connectivity index (χ2n) is 4.70. The van der Waals surface area contributed by atoms with E-state index in [1.807, 2.05) is 23.8 Å². The van der Waals surface area contributed by atoms with Crippen LogP contribution in [0.2, 0.25) is 0 Å². The van der Waals surface area contributed by atoms with Crippen molar-refractivity contribution in [3.8, 4) is 0 Å². The molecule has 1 N–H and O–H groups in total. The lowest BCUT2D eigenvalue weighted by Gasteiger charge is -2.11. The Morgan fingerprint density at radius 2 is 2.33 bits per heavy atom. The first kappa shape index (κ1) is 13.8. The molecule has 0 bridgehead atoms. The standard InChI is InChI=1S/C12H17BrN2O2S/c1-8(18(2)17)6-14-12(16)11-5-9(13)7-15(11)10-3-4-10/h5,7-8,10H,3-4,6H2,1-2H3,(H,14,16). The first-order chi connectivity index (χ1) is 8.49. The van der Waals surface area contributed by atoms with E-state index in [-0.39, 0.29) is 11.2 Å². The number of amides is 1. The minimum Gasteiger partial charge on any atom is -0.350 e. The molecule has 1 aromatic heterocycles. The lowest BCUT2D eigenvalue weighted by molar-refractivity contribution is 0.0944. The molecule has 1 saturated carbocycles. The van der Waals surface area contributed by atoms with Crippen molar-refractivity contribution in [2.45, 2.75) is 31.1 Å². The van der Waals surface area contributed by atoms with E-state index >= 15 is 0 Å². The molecule has 2 rings (SSSR count). The van der Waals surface area contributed by atoms with Crippen LogP contribution in [-0.4, -0.2) is 32.7 Å². The molecule has 1 amide bonds. The van der Waals surface area contributed by atoms with Crippen LogP contribution in [0, 0.1) is 0 Å². The maximum Gasteiger partial charge on any atom is 0.267 e. The highest BCUT2D eigenvalue weighted by Crippen LogP contribution is 2.37. The van der Waals surface area contributed by atoms with E-state index < -0.39 is 10.8 Å². The quantitative estimate of drug-likeness (QED) is 0.897. The maximum atomic E-state index is 12.1. The van der Waals surface area contributed by atoms with E-state index in [4.69, 9.17) is 0 Å². The summed E-state index contributed by atoms with van der Waals surface area (Å²) < 4.78 is 14.2. The van der Waals surface area contributed by atoms with E-state index in [0.717, 1.165) is 17.3 Å². The Balaban J connectivity index is 2.02. The number of carbonyl (C=O) groups is 1. The van der Waals surface area contributed by atoms with Gasteiger partial charge in [-0.15, -0.1) is 0 Å². The minimum absolute atomic E-state index is 0.0262. The summed E-state index contributed by atoms with van der Waals surface area (Å²) in [5.41, 5.74) is 0.679. The number of hydrogen-bond donors (Lipinski definition) is 1. The van der Waals surface area contributed by atoms with Gasteiger partial charge in [0.15, 0.2) is 0 Å². The summed E-state index contributed by atoms with van der Waals surface area (Å²) in [5, 5.41) is 2.82. The van der Waals surface area contributed by atoms with Gasteiger partial charge in [-0.2, -0.15) is 0 Å². The van der Waals surface area contributed by atoms with Crippen LogP contribution in [0.4, 0.5) is 0 Å². The van der Waals surface area contributed by atoms with Crippen molar-refractivity contribution < 1.29 is 9.00 Å². The molecule has 4 nitrogen and oxygen atoms in total. The number of rotatable bonds is 5. The van der Waals surface area contributed by atoms with Gasteiger partial charge in [-0.05, 0) is 41.8 Å². The topological polar surface area (TPSA) is 51.1 Å². The fraction of sp³-hybridized carbons (Fsp3) is 0.583. The summed E-state index contributed by atoms with van der Waals surface area (Å²) >= 11 is 3.40. The molecule has 1 heterocycles. The van der Waals surface area contributed by atoms with E-state index in [1.54, 1.807) is 6.26 Å². The Kier molecular flexibility index (Phi) is 4.27. The van der Waals surface area contributed by atoms with E-state index in [1.165, 1.54) is 0 Å². The predicted molar refractivity (Wildman–Crippen MR) is 76.3 cm³/mol. The molecule has 18 heavy (non-hydrogen) atoms. The Hall–Kier alpha value is -0.620.